The monoisotopic (exact) mass is 290 g/mol. The van der Waals surface area contributed by atoms with Crippen molar-refractivity contribution in [3.8, 4) is 11.3 Å². The minimum absolute atomic E-state index is 0.732. The summed E-state index contributed by atoms with van der Waals surface area (Å²) in [4.78, 5) is 6.16. The highest BCUT2D eigenvalue weighted by atomic mass is 32.2. The molecular formula is C15H18N2S2. The van der Waals surface area contributed by atoms with Crippen LogP contribution in [0.5, 0.6) is 0 Å². The minimum atomic E-state index is 0.732. The van der Waals surface area contributed by atoms with Gasteiger partial charge in [-0.05, 0) is 32.9 Å². The molecule has 0 spiro atoms. The highest BCUT2D eigenvalue weighted by molar-refractivity contribution is 8.01. The molecule has 19 heavy (non-hydrogen) atoms. The summed E-state index contributed by atoms with van der Waals surface area (Å²) >= 11 is 3.80. The quantitative estimate of drug-likeness (QED) is 0.926. The number of thiazole rings is 1. The molecule has 1 aliphatic heterocycles. The average molecular weight is 290 g/mol. The number of aryl methyl sites for hydroxylation is 1. The maximum absolute atomic E-state index is 4.84. The molecule has 0 radical (unpaired) electrons. The van der Waals surface area contributed by atoms with E-state index in [2.05, 4.69) is 42.6 Å². The molecule has 100 valence electrons. The fourth-order valence-electron chi connectivity index (χ4n) is 2.34. The number of rotatable bonds is 3. The second-order valence-corrected chi connectivity index (χ2v) is 7.57. The van der Waals surface area contributed by atoms with E-state index in [9.17, 15) is 0 Å². The molecule has 1 aliphatic rings. The molecule has 1 aromatic heterocycles. The van der Waals surface area contributed by atoms with Crippen LogP contribution in [0.1, 0.15) is 17.7 Å². The van der Waals surface area contributed by atoms with Gasteiger partial charge in [0.05, 0.1) is 5.69 Å². The fourth-order valence-corrected chi connectivity index (χ4v) is 4.88. The lowest BCUT2D eigenvalue weighted by molar-refractivity contribution is 0.531. The third kappa shape index (κ3) is 3.19. The fraction of sp³-hybridized carbons (Fsp3) is 0.400. The van der Waals surface area contributed by atoms with Gasteiger partial charge >= 0.3 is 0 Å². The molecule has 0 amide bonds. The zero-order chi connectivity index (χ0) is 13.1. The van der Waals surface area contributed by atoms with Gasteiger partial charge in [-0.1, -0.05) is 42.1 Å². The third-order valence-electron chi connectivity index (χ3n) is 3.38. The number of thioether (sulfide) groups is 1. The highest BCUT2D eigenvalue weighted by Crippen LogP contribution is 2.36. The molecule has 0 saturated carbocycles. The molecule has 3 rings (SSSR count). The lowest BCUT2D eigenvalue weighted by Crippen LogP contribution is -2.29. The first-order valence-electron chi connectivity index (χ1n) is 6.73. The zero-order valence-electron chi connectivity index (χ0n) is 11.1. The van der Waals surface area contributed by atoms with Crippen molar-refractivity contribution in [2.75, 3.05) is 13.1 Å². The van der Waals surface area contributed by atoms with Gasteiger partial charge in [-0.3, -0.25) is 0 Å². The van der Waals surface area contributed by atoms with Crippen LogP contribution in [0, 0.1) is 6.92 Å². The highest BCUT2D eigenvalue weighted by Gasteiger charge is 2.17. The molecule has 1 saturated heterocycles. The van der Waals surface area contributed by atoms with Gasteiger partial charge in [0.15, 0.2) is 4.34 Å². The number of nitrogens with zero attached hydrogens (tertiary/aromatic N) is 1. The number of aromatic nitrogens is 1. The van der Waals surface area contributed by atoms with Crippen molar-refractivity contribution in [3.63, 3.8) is 0 Å². The van der Waals surface area contributed by atoms with Crippen LogP contribution >= 0.6 is 23.1 Å². The molecule has 0 aliphatic carbocycles. The van der Waals surface area contributed by atoms with Gasteiger partial charge in [0.25, 0.3) is 0 Å². The first kappa shape index (κ1) is 13.2. The molecule has 2 nitrogen and oxygen atoms in total. The summed E-state index contributed by atoms with van der Waals surface area (Å²) in [5, 5.41) is 4.14. The van der Waals surface area contributed by atoms with Crippen molar-refractivity contribution in [1.29, 1.82) is 0 Å². The van der Waals surface area contributed by atoms with E-state index in [-0.39, 0.29) is 0 Å². The van der Waals surface area contributed by atoms with Gasteiger partial charge in [0.1, 0.15) is 0 Å². The van der Waals surface area contributed by atoms with Gasteiger partial charge in [0, 0.05) is 15.7 Å². The summed E-state index contributed by atoms with van der Waals surface area (Å²) in [6.45, 7) is 4.47. The molecule has 0 atom stereocenters. The van der Waals surface area contributed by atoms with Gasteiger partial charge in [-0.2, -0.15) is 0 Å². The Bertz CT molecular complexity index is 530. The van der Waals surface area contributed by atoms with Crippen molar-refractivity contribution in [1.82, 2.24) is 10.3 Å². The summed E-state index contributed by atoms with van der Waals surface area (Å²) in [6.07, 6.45) is 2.51. The zero-order valence-corrected chi connectivity index (χ0v) is 12.7. The van der Waals surface area contributed by atoms with E-state index in [4.69, 9.17) is 4.98 Å². The van der Waals surface area contributed by atoms with Crippen molar-refractivity contribution >= 4 is 23.1 Å². The van der Waals surface area contributed by atoms with Crippen LogP contribution in [0.25, 0.3) is 11.3 Å². The van der Waals surface area contributed by atoms with E-state index in [1.807, 2.05) is 23.1 Å². The summed E-state index contributed by atoms with van der Waals surface area (Å²) in [7, 11) is 0. The summed E-state index contributed by atoms with van der Waals surface area (Å²) in [5.74, 6) is 0. The van der Waals surface area contributed by atoms with E-state index >= 15 is 0 Å². The van der Waals surface area contributed by atoms with Gasteiger partial charge < -0.3 is 5.32 Å². The maximum atomic E-state index is 4.84. The Labute approximate surface area is 122 Å². The molecule has 1 N–H and O–H groups in total. The minimum Gasteiger partial charge on any atom is -0.317 e. The van der Waals surface area contributed by atoms with Gasteiger partial charge in [-0.15, -0.1) is 11.3 Å². The number of nitrogens with one attached hydrogen (secondary N) is 1. The van der Waals surface area contributed by atoms with Crippen molar-refractivity contribution in [2.45, 2.75) is 29.4 Å². The maximum Gasteiger partial charge on any atom is 0.151 e. The number of benzene rings is 1. The lowest BCUT2D eigenvalue weighted by atomic mass is 10.1. The smallest absolute Gasteiger partial charge is 0.151 e. The Morgan fingerprint density at radius 1 is 1.21 bits per heavy atom. The van der Waals surface area contributed by atoms with Crippen LogP contribution in [-0.4, -0.2) is 23.3 Å². The van der Waals surface area contributed by atoms with Crippen LogP contribution in [0.4, 0.5) is 0 Å². The predicted octanol–water partition coefficient (Wildman–Crippen LogP) is 3.96. The molecule has 1 aromatic carbocycles. The molecule has 0 unspecified atom stereocenters. The van der Waals surface area contributed by atoms with E-state index in [0.29, 0.717) is 0 Å². The van der Waals surface area contributed by atoms with Crippen LogP contribution in [0.2, 0.25) is 0 Å². The predicted molar refractivity (Wildman–Crippen MR) is 84.0 cm³/mol. The van der Waals surface area contributed by atoms with Crippen LogP contribution in [0.15, 0.2) is 34.7 Å². The Morgan fingerprint density at radius 3 is 2.68 bits per heavy atom. The number of piperidine rings is 1. The van der Waals surface area contributed by atoms with Crippen LogP contribution in [-0.2, 0) is 0 Å². The Balaban J connectivity index is 1.77. The molecule has 2 heterocycles. The largest absolute Gasteiger partial charge is 0.317 e. The summed E-state index contributed by atoms with van der Waals surface area (Å²) < 4.78 is 1.23. The topological polar surface area (TPSA) is 24.9 Å². The number of hydrogen-bond acceptors (Lipinski definition) is 4. The van der Waals surface area contributed by atoms with E-state index in [1.54, 1.807) is 0 Å². The Hall–Kier alpha value is -0.840. The lowest BCUT2D eigenvalue weighted by Gasteiger charge is -2.20. The SMILES string of the molecule is Cc1sc(SC2CCNCC2)nc1-c1ccccc1. The molecule has 4 heteroatoms. The second kappa shape index (κ2) is 6.07. The molecule has 2 aromatic rings. The van der Waals surface area contributed by atoms with E-state index in [0.717, 1.165) is 24.0 Å². The molecule has 1 fully saturated rings. The van der Waals surface area contributed by atoms with Crippen molar-refractivity contribution in [2.24, 2.45) is 0 Å². The first-order valence-corrected chi connectivity index (χ1v) is 8.43. The Morgan fingerprint density at radius 2 is 1.95 bits per heavy atom. The van der Waals surface area contributed by atoms with Gasteiger partial charge in [-0.25, -0.2) is 4.98 Å². The summed E-state index contributed by atoms with van der Waals surface area (Å²) in [5.41, 5.74) is 2.38. The first-order chi connectivity index (χ1) is 9.33. The standard InChI is InChI=1S/C15H18N2S2/c1-11-14(12-5-3-2-4-6-12)17-15(18-11)19-13-7-9-16-10-8-13/h2-6,13,16H,7-10H2,1H3. The molecular weight excluding hydrogens is 272 g/mol. The Kier molecular flexibility index (Phi) is 4.21. The van der Waals surface area contributed by atoms with E-state index in [1.165, 1.54) is 27.6 Å². The van der Waals surface area contributed by atoms with Crippen molar-refractivity contribution in [3.05, 3.63) is 35.2 Å². The second-order valence-electron chi connectivity index (χ2n) is 4.82. The third-order valence-corrected chi connectivity index (χ3v) is 5.78. The summed E-state index contributed by atoms with van der Waals surface area (Å²) in [6, 6.07) is 10.5. The molecule has 0 bridgehead atoms. The average Bonchev–Trinajstić information content (AvgIpc) is 2.82. The van der Waals surface area contributed by atoms with E-state index < -0.39 is 0 Å². The van der Waals surface area contributed by atoms with Gasteiger partial charge in [0.2, 0.25) is 0 Å². The normalized spacial score (nSPS) is 16.7. The van der Waals surface area contributed by atoms with Crippen LogP contribution in [0.3, 0.4) is 0 Å². The van der Waals surface area contributed by atoms with Crippen LogP contribution < -0.4 is 5.32 Å². The number of hydrogen-bond donors (Lipinski definition) is 1. The van der Waals surface area contributed by atoms with Crippen molar-refractivity contribution < 1.29 is 0 Å².